The third-order valence-corrected chi connectivity index (χ3v) is 2.79. The maximum atomic E-state index is 5.55. The first-order valence-corrected chi connectivity index (χ1v) is 6.52. The monoisotopic (exact) mass is 303 g/mol. The minimum atomic E-state index is 0.575. The fourth-order valence-electron chi connectivity index (χ4n) is 1.53. The van der Waals surface area contributed by atoms with Crippen molar-refractivity contribution in [2.75, 3.05) is 6.61 Å². The molecule has 92 valence electrons. The summed E-state index contributed by atoms with van der Waals surface area (Å²) in [6.07, 6.45) is 7.64. The van der Waals surface area contributed by atoms with Crippen LogP contribution in [-0.4, -0.2) is 11.6 Å². The molecule has 1 aromatic carbocycles. The number of benzene rings is 1. The number of pyridine rings is 1. The molecule has 0 N–H and O–H groups in total. The van der Waals surface area contributed by atoms with Crippen LogP contribution in [0.2, 0.25) is 0 Å². The average molecular weight is 304 g/mol. The number of rotatable bonds is 5. The molecule has 3 heteroatoms. The number of ether oxygens (including phenoxy) is 1. The molecule has 18 heavy (non-hydrogen) atoms. The maximum absolute atomic E-state index is 5.55. The van der Waals surface area contributed by atoms with Gasteiger partial charge in [-0.15, -0.1) is 0 Å². The van der Waals surface area contributed by atoms with E-state index in [4.69, 9.17) is 4.74 Å². The van der Waals surface area contributed by atoms with E-state index in [0.29, 0.717) is 13.2 Å². The Kier molecular flexibility index (Phi) is 5.12. The molecule has 0 spiro atoms. The van der Waals surface area contributed by atoms with Crippen molar-refractivity contribution >= 4 is 22.0 Å². The number of nitrogens with zero attached hydrogens (tertiary/aromatic N) is 1. The van der Waals surface area contributed by atoms with Crippen LogP contribution in [-0.2, 0) is 11.3 Å². The molecule has 1 heterocycles. The molecule has 0 amide bonds. The SMILES string of the molecule is Brc1cncc(COC/C=C/c2ccccc2)c1. The molecule has 0 atom stereocenters. The van der Waals surface area contributed by atoms with Crippen LogP contribution >= 0.6 is 15.9 Å². The Balaban J connectivity index is 1.75. The van der Waals surface area contributed by atoms with Crippen LogP contribution in [0.3, 0.4) is 0 Å². The number of aromatic nitrogens is 1. The van der Waals surface area contributed by atoms with Gasteiger partial charge in [0.15, 0.2) is 0 Å². The normalized spacial score (nSPS) is 10.9. The fraction of sp³-hybridized carbons (Fsp3) is 0.133. The van der Waals surface area contributed by atoms with Crippen LogP contribution in [0.15, 0.2) is 59.3 Å². The standard InChI is InChI=1S/C15H14BrNO/c16-15-9-14(10-17-11-15)12-18-8-4-7-13-5-2-1-3-6-13/h1-7,9-11H,8,12H2/b7-4+. The highest BCUT2D eigenvalue weighted by atomic mass is 79.9. The number of halogens is 1. The van der Waals surface area contributed by atoms with E-state index in [1.165, 1.54) is 5.56 Å². The molecular weight excluding hydrogens is 290 g/mol. The smallest absolute Gasteiger partial charge is 0.0736 e. The molecule has 0 fully saturated rings. The predicted octanol–water partition coefficient (Wildman–Crippen LogP) is 4.07. The molecule has 0 aliphatic carbocycles. The first-order valence-electron chi connectivity index (χ1n) is 5.73. The van der Waals surface area contributed by atoms with Gasteiger partial charge in [0.25, 0.3) is 0 Å². The zero-order chi connectivity index (χ0) is 12.6. The van der Waals surface area contributed by atoms with E-state index in [-0.39, 0.29) is 0 Å². The molecule has 0 saturated carbocycles. The predicted molar refractivity (Wildman–Crippen MR) is 77.1 cm³/mol. The highest BCUT2D eigenvalue weighted by Crippen LogP contribution is 2.10. The van der Waals surface area contributed by atoms with Crippen molar-refractivity contribution in [1.29, 1.82) is 0 Å². The van der Waals surface area contributed by atoms with E-state index in [0.717, 1.165) is 10.0 Å². The van der Waals surface area contributed by atoms with Gasteiger partial charge < -0.3 is 4.74 Å². The lowest BCUT2D eigenvalue weighted by Crippen LogP contribution is -1.93. The second-order valence-electron chi connectivity index (χ2n) is 3.84. The third kappa shape index (κ3) is 4.43. The molecule has 0 aliphatic rings. The molecule has 2 nitrogen and oxygen atoms in total. The summed E-state index contributed by atoms with van der Waals surface area (Å²) in [6.45, 7) is 1.17. The van der Waals surface area contributed by atoms with Crippen LogP contribution in [0.25, 0.3) is 6.08 Å². The summed E-state index contributed by atoms with van der Waals surface area (Å²) in [5.74, 6) is 0. The summed E-state index contributed by atoms with van der Waals surface area (Å²) < 4.78 is 6.52. The van der Waals surface area contributed by atoms with Crippen molar-refractivity contribution < 1.29 is 4.74 Å². The summed E-state index contributed by atoms with van der Waals surface area (Å²) in [5, 5.41) is 0. The van der Waals surface area contributed by atoms with Gasteiger partial charge >= 0.3 is 0 Å². The van der Waals surface area contributed by atoms with E-state index in [9.17, 15) is 0 Å². The molecule has 2 aromatic rings. The van der Waals surface area contributed by atoms with E-state index >= 15 is 0 Å². The van der Waals surface area contributed by atoms with Crippen LogP contribution in [0.4, 0.5) is 0 Å². The minimum Gasteiger partial charge on any atom is -0.373 e. The Morgan fingerprint density at radius 2 is 2.00 bits per heavy atom. The van der Waals surface area contributed by atoms with Gasteiger partial charge in [0, 0.05) is 16.9 Å². The summed E-state index contributed by atoms with van der Waals surface area (Å²) in [4.78, 5) is 4.09. The first kappa shape index (κ1) is 13.0. The Hall–Kier alpha value is -1.45. The van der Waals surface area contributed by atoms with Gasteiger partial charge in [-0.2, -0.15) is 0 Å². The van der Waals surface area contributed by atoms with Crippen molar-refractivity contribution in [2.45, 2.75) is 6.61 Å². The average Bonchev–Trinajstić information content (AvgIpc) is 2.40. The van der Waals surface area contributed by atoms with Gasteiger partial charge in [-0.1, -0.05) is 42.5 Å². The Bertz CT molecular complexity index is 511. The number of hydrogen-bond donors (Lipinski definition) is 0. The lowest BCUT2D eigenvalue weighted by molar-refractivity contribution is 0.149. The molecule has 1 aromatic heterocycles. The molecule has 0 saturated heterocycles. The third-order valence-electron chi connectivity index (χ3n) is 2.35. The lowest BCUT2D eigenvalue weighted by Gasteiger charge is -2.01. The van der Waals surface area contributed by atoms with Crippen molar-refractivity contribution in [3.8, 4) is 0 Å². The summed E-state index contributed by atoms with van der Waals surface area (Å²) in [5.41, 5.74) is 2.25. The summed E-state index contributed by atoms with van der Waals surface area (Å²) >= 11 is 3.38. The largest absolute Gasteiger partial charge is 0.373 e. The molecule has 0 unspecified atom stereocenters. The topological polar surface area (TPSA) is 22.1 Å². The minimum absolute atomic E-state index is 0.575. The first-order chi connectivity index (χ1) is 8.84. The molecule has 0 bridgehead atoms. The summed E-state index contributed by atoms with van der Waals surface area (Å²) in [6, 6.07) is 12.2. The van der Waals surface area contributed by atoms with E-state index < -0.39 is 0 Å². The van der Waals surface area contributed by atoms with E-state index in [2.05, 4.69) is 39.1 Å². The zero-order valence-electron chi connectivity index (χ0n) is 9.92. The van der Waals surface area contributed by atoms with Crippen LogP contribution in [0, 0.1) is 0 Å². The van der Waals surface area contributed by atoms with Crippen LogP contribution in [0.1, 0.15) is 11.1 Å². The molecular formula is C15H14BrNO. The lowest BCUT2D eigenvalue weighted by atomic mass is 10.2. The molecule has 0 aliphatic heterocycles. The Labute approximate surface area is 115 Å². The van der Waals surface area contributed by atoms with Gasteiger partial charge in [0.05, 0.1) is 13.2 Å². The fourth-order valence-corrected chi connectivity index (χ4v) is 1.94. The van der Waals surface area contributed by atoms with Crippen molar-refractivity contribution in [3.63, 3.8) is 0 Å². The molecule has 2 rings (SSSR count). The number of hydrogen-bond acceptors (Lipinski definition) is 2. The van der Waals surface area contributed by atoms with Crippen molar-refractivity contribution in [3.05, 3.63) is 70.5 Å². The van der Waals surface area contributed by atoms with Crippen molar-refractivity contribution in [2.24, 2.45) is 0 Å². The highest BCUT2D eigenvalue weighted by Gasteiger charge is 1.93. The second kappa shape index (κ2) is 7.09. The van der Waals surface area contributed by atoms with Gasteiger partial charge in [-0.25, -0.2) is 0 Å². The zero-order valence-corrected chi connectivity index (χ0v) is 11.5. The van der Waals surface area contributed by atoms with E-state index in [1.54, 1.807) is 6.20 Å². The van der Waals surface area contributed by atoms with Gasteiger partial charge in [-0.3, -0.25) is 4.98 Å². The van der Waals surface area contributed by atoms with Gasteiger partial charge in [0.2, 0.25) is 0 Å². The van der Waals surface area contributed by atoms with E-state index in [1.807, 2.05) is 36.5 Å². The quantitative estimate of drug-likeness (QED) is 0.777. The highest BCUT2D eigenvalue weighted by molar-refractivity contribution is 9.10. The summed E-state index contributed by atoms with van der Waals surface area (Å²) in [7, 11) is 0. The van der Waals surface area contributed by atoms with Gasteiger partial charge in [-0.05, 0) is 33.1 Å². The maximum Gasteiger partial charge on any atom is 0.0736 e. The molecule has 0 radical (unpaired) electrons. The Morgan fingerprint density at radius 1 is 1.17 bits per heavy atom. The van der Waals surface area contributed by atoms with Crippen LogP contribution < -0.4 is 0 Å². The van der Waals surface area contributed by atoms with Crippen LogP contribution in [0.5, 0.6) is 0 Å². The van der Waals surface area contributed by atoms with Crippen molar-refractivity contribution in [1.82, 2.24) is 4.98 Å². The van der Waals surface area contributed by atoms with Gasteiger partial charge in [0.1, 0.15) is 0 Å². The second-order valence-corrected chi connectivity index (χ2v) is 4.76. The Morgan fingerprint density at radius 3 is 2.78 bits per heavy atom.